The fraction of sp³-hybridized carbons (Fsp3) is 0.0833. The molecule has 2 rings (SSSR count). The Morgan fingerprint density at radius 1 is 1.31 bits per heavy atom. The average Bonchev–Trinajstić information content (AvgIpc) is 2.76. The van der Waals surface area contributed by atoms with E-state index in [-0.39, 0.29) is 5.76 Å². The van der Waals surface area contributed by atoms with Crippen molar-refractivity contribution in [1.29, 1.82) is 0 Å². The Labute approximate surface area is 92.6 Å². The maximum absolute atomic E-state index is 10.5. The molecule has 82 valence electrons. The third kappa shape index (κ3) is 1.91. The van der Waals surface area contributed by atoms with Crippen molar-refractivity contribution in [1.82, 2.24) is 0 Å². The van der Waals surface area contributed by atoms with Gasteiger partial charge in [-0.05, 0) is 24.3 Å². The molecule has 0 fully saturated rings. The fourth-order valence-electron chi connectivity index (χ4n) is 1.45. The Balaban J connectivity index is 2.46. The monoisotopic (exact) mass is 217 g/mol. The van der Waals surface area contributed by atoms with Crippen LogP contribution in [0.2, 0.25) is 0 Å². The zero-order valence-corrected chi connectivity index (χ0v) is 8.77. The van der Waals surface area contributed by atoms with Crippen molar-refractivity contribution >= 4 is 12.0 Å². The van der Waals surface area contributed by atoms with E-state index in [1.165, 1.54) is 0 Å². The van der Waals surface area contributed by atoms with Gasteiger partial charge in [0.15, 0.2) is 12.0 Å². The van der Waals surface area contributed by atoms with Crippen molar-refractivity contribution in [2.75, 3.05) is 12.8 Å². The molecule has 1 aromatic heterocycles. The van der Waals surface area contributed by atoms with E-state index in [0.717, 1.165) is 5.56 Å². The Morgan fingerprint density at radius 2 is 2.12 bits per heavy atom. The van der Waals surface area contributed by atoms with Gasteiger partial charge in [0.05, 0.1) is 7.11 Å². The molecule has 0 atom stereocenters. The van der Waals surface area contributed by atoms with Crippen LogP contribution in [0, 0.1) is 0 Å². The highest BCUT2D eigenvalue weighted by molar-refractivity contribution is 5.73. The largest absolute Gasteiger partial charge is 0.497 e. The van der Waals surface area contributed by atoms with Crippen molar-refractivity contribution in [3.05, 3.63) is 36.1 Å². The number of anilines is 1. The van der Waals surface area contributed by atoms with Crippen LogP contribution in [0.1, 0.15) is 10.6 Å². The van der Waals surface area contributed by atoms with E-state index in [4.69, 9.17) is 14.9 Å². The maximum atomic E-state index is 10.5. The summed E-state index contributed by atoms with van der Waals surface area (Å²) >= 11 is 0. The molecule has 2 N–H and O–H groups in total. The Bertz CT molecular complexity index is 517. The molecule has 4 heteroatoms. The van der Waals surface area contributed by atoms with Crippen molar-refractivity contribution in [3.63, 3.8) is 0 Å². The lowest BCUT2D eigenvalue weighted by molar-refractivity contribution is 0.110. The second-order valence-electron chi connectivity index (χ2n) is 3.31. The van der Waals surface area contributed by atoms with E-state index in [9.17, 15) is 4.79 Å². The number of methoxy groups -OCH3 is 1. The zero-order valence-electron chi connectivity index (χ0n) is 8.77. The summed E-state index contributed by atoms with van der Waals surface area (Å²) in [5.74, 6) is 1.53. The molecule has 0 aliphatic heterocycles. The van der Waals surface area contributed by atoms with Crippen molar-refractivity contribution in [2.24, 2.45) is 0 Å². The molecule has 0 aliphatic rings. The SMILES string of the molecule is COc1cc(N)cc(-c2ccc(C=O)o2)c1. The highest BCUT2D eigenvalue weighted by Gasteiger charge is 2.06. The summed E-state index contributed by atoms with van der Waals surface area (Å²) in [6.07, 6.45) is 0.660. The van der Waals surface area contributed by atoms with Gasteiger partial charge in [-0.3, -0.25) is 4.79 Å². The van der Waals surface area contributed by atoms with Gasteiger partial charge in [-0.25, -0.2) is 0 Å². The highest BCUT2D eigenvalue weighted by atomic mass is 16.5. The molecule has 1 heterocycles. The molecule has 0 saturated carbocycles. The van der Waals surface area contributed by atoms with Crippen molar-refractivity contribution in [3.8, 4) is 17.1 Å². The number of nitrogen functional groups attached to an aromatic ring is 1. The molecule has 2 aromatic rings. The van der Waals surface area contributed by atoms with Crippen LogP contribution in [-0.2, 0) is 0 Å². The molecule has 0 saturated heterocycles. The first-order chi connectivity index (χ1) is 7.72. The molecular formula is C12H11NO3. The van der Waals surface area contributed by atoms with Crippen LogP contribution in [0.4, 0.5) is 5.69 Å². The second kappa shape index (κ2) is 4.10. The van der Waals surface area contributed by atoms with E-state index < -0.39 is 0 Å². The van der Waals surface area contributed by atoms with Crippen LogP contribution in [0.5, 0.6) is 5.75 Å². The number of hydrogen-bond donors (Lipinski definition) is 1. The number of carbonyl (C=O) groups is 1. The molecule has 0 amide bonds. The minimum atomic E-state index is 0.288. The van der Waals surface area contributed by atoms with Crippen LogP contribution < -0.4 is 10.5 Å². The molecule has 0 radical (unpaired) electrons. The molecule has 0 bridgehead atoms. The second-order valence-corrected chi connectivity index (χ2v) is 3.31. The molecule has 16 heavy (non-hydrogen) atoms. The lowest BCUT2D eigenvalue weighted by atomic mass is 10.1. The quantitative estimate of drug-likeness (QED) is 0.633. The normalized spacial score (nSPS) is 10.1. The first-order valence-corrected chi connectivity index (χ1v) is 4.73. The number of nitrogens with two attached hydrogens (primary N) is 1. The Kier molecular flexibility index (Phi) is 2.64. The van der Waals surface area contributed by atoms with Crippen LogP contribution in [0.25, 0.3) is 11.3 Å². The number of rotatable bonds is 3. The van der Waals surface area contributed by atoms with E-state index in [2.05, 4.69) is 0 Å². The number of benzene rings is 1. The Morgan fingerprint density at radius 3 is 2.75 bits per heavy atom. The van der Waals surface area contributed by atoms with Gasteiger partial charge in [0, 0.05) is 17.3 Å². The first-order valence-electron chi connectivity index (χ1n) is 4.73. The standard InChI is InChI=1S/C12H11NO3/c1-15-11-5-8(4-9(13)6-11)12-3-2-10(7-14)16-12/h2-7H,13H2,1H3. The van der Waals surface area contributed by atoms with Gasteiger partial charge in [-0.2, -0.15) is 0 Å². The smallest absolute Gasteiger partial charge is 0.185 e. The Hall–Kier alpha value is -2.23. The summed E-state index contributed by atoms with van der Waals surface area (Å²) in [6, 6.07) is 8.60. The summed E-state index contributed by atoms with van der Waals surface area (Å²) in [4.78, 5) is 10.5. The van der Waals surface area contributed by atoms with Crippen molar-refractivity contribution < 1.29 is 13.9 Å². The van der Waals surface area contributed by atoms with Gasteiger partial charge in [0.2, 0.25) is 0 Å². The summed E-state index contributed by atoms with van der Waals surface area (Å²) in [6.45, 7) is 0. The van der Waals surface area contributed by atoms with E-state index in [1.54, 1.807) is 37.4 Å². The number of furan rings is 1. The first kappa shape index (κ1) is 10.3. The number of ether oxygens (including phenoxy) is 1. The molecule has 1 aromatic carbocycles. The minimum absolute atomic E-state index is 0.288. The maximum Gasteiger partial charge on any atom is 0.185 e. The lowest BCUT2D eigenvalue weighted by Gasteiger charge is -2.04. The summed E-state index contributed by atoms with van der Waals surface area (Å²) in [7, 11) is 1.57. The zero-order chi connectivity index (χ0) is 11.5. The van der Waals surface area contributed by atoms with Gasteiger partial charge < -0.3 is 14.9 Å². The molecule has 4 nitrogen and oxygen atoms in total. The number of hydrogen-bond acceptors (Lipinski definition) is 4. The number of carbonyl (C=O) groups excluding carboxylic acids is 1. The van der Waals surface area contributed by atoms with Crippen molar-refractivity contribution in [2.45, 2.75) is 0 Å². The molecule has 0 aliphatic carbocycles. The van der Waals surface area contributed by atoms with Crippen LogP contribution in [0.3, 0.4) is 0 Å². The predicted molar refractivity (Wildman–Crippen MR) is 60.5 cm³/mol. The lowest BCUT2D eigenvalue weighted by Crippen LogP contribution is -1.89. The third-order valence-corrected chi connectivity index (χ3v) is 2.19. The molecule has 0 spiro atoms. The van der Waals surface area contributed by atoms with Crippen LogP contribution in [0.15, 0.2) is 34.7 Å². The van der Waals surface area contributed by atoms with Crippen LogP contribution >= 0.6 is 0 Å². The fourth-order valence-corrected chi connectivity index (χ4v) is 1.45. The number of aldehydes is 1. The molecule has 0 unspecified atom stereocenters. The summed E-state index contributed by atoms with van der Waals surface area (Å²) < 4.78 is 10.4. The predicted octanol–water partition coefficient (Wildman–Crippen LogP) is 2.35. The average molecular weight is 217 g/mol. The van der Waals surface area contributed by atoms with E-state index in [1.807, 2.05) is 0 Å². The summed E-state index contributed by atoms with van der Waals surface area (Å²) in [5.41, 5.74) is 7.08. The van der Waals surface area contributed by atoms with Gasteiger partial charge in [0.25, 0.3) is 0 Å². The van der Waals surface area contributed by atoms with E-state index in [0.29, 0.717) is 23.5 Å². The molecular weight excluding hydrogens is 206 g/mol. The third-order valence-electron chi connectivity index (χ3n) is 2.19. The van der Waals surface area contributed by atoms with Crippen LogP contribution in [-0.4, -0.2) is 13.4 Å². The highest BCUT2D eigenvalue weighted by Crippen LogP contribution is 2.28. The summed E-state index contributed by atoms with van der Waals surface area (Å²) in [5, 5.41) is 0. The topological polar surface area (TPSA) is 65.5 Å². The van der Waals surface area contributed by atoms with Gasteiger partial charge in [-0.15, -0.1) is 0 Å². The van der Waals surface area contributed by atoms with Gasteiger partial charge >= 0.3 is 0 Å². The van der Waals surface area contributed by atoms with Gasteiger partial charge in [-0.1, -0.05) is 0 Å². The van der Waals surface area contributed by atoms with E-state index >= 15 is 0 Å². The minimum Gasteiger partial charge on any atom is -0.497 e. The van der Waals surface area contributed by atoms with Gasteiger partial charge in [0.1, 0.15) is 11.5 Å².